The van der Waals surface area contributed by atoms with Gasteiger partial charge in [-0.1, -0.05) is 0 Å². The molecule has 0 atom stereocenters. The second-order valence-corrected chi connectivity index (χ2v) is 5.25. The third-order valence-electron chi connectivity index (χ3n) is 3.79. The van der Waals surface area contributed by atoms with Crippen molar-refractivity contribution in [2.24, 2.45) is 0 Å². The van der Waals surface area contributed by atoms with Crippen LogP contribution in [0.4, 0.5) is 5.82 Å². The summed E-state index contributed by atoms with van der Waals surface area (Å²) in [7, 11) is 0. The first-order valence-corrected chi connectivity index (χ1v) is 7.34. The fourth-order valence-electron chi connectivity index (χ4n) is 2.75. The van der Waals surface area contributed by atoms with E-state index in [1.54, 1.807) is 6.20 Å². The summed E-state index contributed by atoms with van der Waals surface area (Å²) in [5.41, 5.74) is 4.72. The highest BCUT2D eigenvalue weighted by atomic mass is 15.0. The van der Waals surface area contributed by atoms with Gasteiger partial charge in [0, 0.05) is 35.8 Å². The normalized spacial score (nSPS) is 13.9. The maximum atomic E-state index is 4.81. The molecule has 0 radical (unpaired) electrons. The Morgan fingerprint density at radius 2 is 2.05 bits per heavy atom. The molecule has 0 aliphatic heterocycles. The monoisotopic (exact) mass is 268 g/mol. The molecule has 104 valence electrons. The SMILES string of the molecule is CCNc1nc(-c2ccncc2C)nc2c1CCCC2. The zero-order chi connectivity index (χ0) is 13.9. The molecule has 4 heteroatoms. The van der Waals surface area contributed by atoms with Gasteiger partial charge in [-0.15, -0.1) is 0 Å². The first-order chi connectivity index (χ1) is 9.79. The Hall–Kier alpha value is -1.97. The second-order valence-electron chi connectivity index (χ2n) is 5.25. The highest BCUT2D eigenvalue weighted by Gasteiger charge is 2.18. The largest absolute Gasteiger partial charge is 0.370 e. The fourth-order valence-corrected chi connectivity index (χ4v) is 2.75. The summed E-state index contributed by atoms with van der Waals surface area (Å²) in [6, 6.07) is 2.00. The Labute approximate surface area is 119 Å². The molecule has 0 aromatic carbocycles. The molecule has 0 unspecified atom stereocenters. The van der Waals surface area contributed by atoms with Gasteiger partial charge in [0.1, 0.15) is 5.82 Å². The highest BCUT2D eigenvalue weighted by Crippen LogP contribution is 2.29. The number of aryl methyl sites for hydroxylation is 2. The third-order valence-corrected chi connectivity index (χ3v) is 3.79. The molecule has 2 aromatic rings. The van der Waals surface area contributed by atoms with Crippen molar-refractivity contribution in [3.63, 3.8) is 0 Å². The number of hydrogen-bond acceptors (Lipinski definition) is 4. The first kappa shape index (κ1) is 13.0. The molecule has 0 saturated carbocycles. The zero-order valence-electron chi connectivity index (χ0n) is 12.1. The lowest BCUT2D eigenvalue weighted by atomic mass is 9.96. The van der Waals surface area contributed by atoms with Crippen LogP contribution in [0.25, 0.3) is 11.4 Å². The van der Waals surface area contributed by atoms with Crippen LogP contribution in [0, 0.1) is 6.92 Å². The quantitative estimate of drug-likeness (QED) is 0.929. The maximum Gasteiger partial charge on any atom is 0.162 e. The Kier molecular flexibility index (Phi) is 3.63. The molecule has 3 rings (SSSR count). The Bertz CT molecular complexity index is 622. The van der Waals surface area contributed by atoms with Crippen molar-refractivity contribution in [1.82, 2.24) is 15.0 Å². The number of hydrogen-bond donors (Lipinski definition) is 1. The van der Waals surface area contributed by atoms with Gasteiger partial charge < -0.3 is 5.32 Å². The molecule has 2 aromatic heterocycles. The number of rotatable bonds is 3. The fraction of sp³-hybridized carbons (Fsp3) is 0.438. The molecule has 2 heterocycles. The summed E-state index contributed by atoms with van der Waals surface area (Å²) in [6.45, 7) is 5.05. The van der Waals surface area contributed by atoms with Crippen molar-refractivity contribution in [2.75, 3.05) is 11.9 Å². The van der Waals surface area contributed by atoms with Crippen molar-refractivity contribution in [1.29, 1.82) is 0 Å². The number of fused-ring (bicyclic) bond motifs is 1. The molecule has 1 aliphatic carbocycles. The molecule has 0 bridgehead atoms. The number of pyridine rings is 1. The lowest BCUT2D eigenvalue weighted by molar-refractivity contribution is 0.664. The van der Waals surface area contributed by atoms with E-state index in [9.17, 15) is 0 Å². The summed E-state index contributed by atoms with van der Waals surface area (Å²) < 4.78 is 0. The maximum absolute atomic E-state index is 4.81. The summed E-state index contributed by atoms with van der Waals surface area (Å²) in [4.78, 5) is 13.7. The van der Waals surface area contributed by atoms with Gasteiger partial charge in [-0.3, -0.25) is 4.98 Å². The minimum absolute atomic E-state index is 0.821. The Balaban J connectivity index is 2.13. The van der Waals surface area contributed by atoms with E-state index in [2.05, 4.69) is 24.1 Å². The van der Waals surface area contributed by atoms with Crippen LogP contribution in [-0.4, -0.2) is 21.5 Å². The molecule has 0 amide bonds. The van der Waals surface area contributed by atoms with E-state index in [4.69, 9.17) is 9.97 Å². The molecule has 0 spiro atoms. The van der Waals surface area contributed by atoms with E-state index in [1.165, 1.54) is 24.1 Å². The summed E-state index contributed by atoms with van der Waals surface area (Å²) >= 11 is 0. The van der Waals surface area contributed by atoms with E-state index >= 15 is 0 Å². The lowest BCUT2D eigenvalue weighted by Gasteiger charge is -2.19. The highest BCUT2D eigenvalue weighted by molar-refractivity contribution is 5.62. The van der Waals surface area contributed by atoms with Crippen LogP contribution in [0.2, 0.25) is 0 Å². The number of nitrogens with one attached hydrogen (secondary N) is 1. The molecular formula is C16H20N4. The van der Waals surface area contributed by atoms with E-state index < -0.39 is 0 Å². The number of nitrogens with zero attached hydrogens (tertiary/aromatic N) is 3. The summed E-state index contributed by atoms with van der Waals surface area (Å²) in [5, 5.41) is 3.40. The topological polar surface area (TPSA) is 50.7 Å². The standard InChI is InChI=1S/C16H20N4/c1-3-18-15-13-6-4-5-7-14(13)19-16(20-15)12-8-9-17-10-11(12)2/h8-10H,3-7H2,1-2H3,(H,18,19,20). The average molecular weight is 268 g/mol. The molecule has 4 nitrogen and oxygen atoms in total. The van der Waals surface area contributed by atoms with Gasteiger partial charge in [0.05, 0.1) is 0 Å². The molecule has 20 heavy (non-hydrogen) atoms. The smallest absolute Gasteiger partial charge is 0.162 e. The van der Waals surface area contributed by atoms with Crippen LogP contribution in [0.1, 0.15) is 36.6 Å². The zero-order valence-corrected chi connectivity index (χ0v) is 12.1. The van der Waals surface area contributed by atoms with Crippen LogP contribution in [0.5, 0.6) is 0 Å². The predicted octanol–water partition coefficient (Wildman–Crippen LogP) is 3.16. The Morgan fingerprint density at radius 3 is 2.85 bits per heavy atom. The van der Waals surface area contributed by atoms with E-state index in [-0.39, 0.29) is 0 Å². The third kappa shape index (κ3) is 2.38. The van der Waals surface area contributed by atoms with Crippen molar-refractivity contribution >= 4 is 5.82 Å². The van der Waals surface area contributed by atoms with E-state index in [1.807, 2.05) is 12.3 Å². The average Bonchev–Trinajstić information content (AvgIpc) is 2.48. The van der Waals surface area contributed by atoms with Crippen LogP contribution in [-0.2, 0) is 12.8 Å². The Morgan fingerprint density at radius 1 is 1.20 bits per heavy atom. The van der Waals surface area contributed by atoms with Crippen LogP contribution in [0.15, 0.2) is 18.5 Å². The van der Waals surface area contributed by atoms with Crippen LogP contribution < -0.4 is 5.32 Å². The van der Waals surface area contributed by atoms with Crippen molar-refractivity contribution in [3.8, 4) is 11.4 Å². The molecule has 0 fully saturated rings. The van der Waals surface area contributed by atoms with Crippen molar-refractivity contribution < 1.29 is 0 Å². The number of anilines is 1. The molecule has 0 saturated heterocycles. The van der Waals surface area contributed by atoms with E-state index in [0.717, 1.165) is 42.2 Å². The van der Waals surface area contributed by atoms with Gasteiger partial charge in [0.2, 0.25) is 0 Å². The minimum atomic E-state index is 0.821. The van der Waals surface area contributed by atoms with Crippen molar-refractivity contribution in [2.45, 2.75) is 39.5 Å². The van der Waals surface area contributed by atoms with Gasteiger partial charge in [-0.25, -0.2) is 9.97 Å². The van der Waals surface area contributed by atoms with Gasteiger partial charge in [0.25, 0.3) is 0 Å². The van der Waals surface area contributed by atoms with Crippen LogP contribution in [0.3, 0.4) is 0 Å². The molecule has 1 aliphatic rings. The predicted molar refractivity (Wildman–Crippen MR) is 80.8 cm³/mol. The minimum Gasteiger partial charge on any atom is -0.370 e. The first-order valence-electron chi connectivity index (χ1n) is 7.34. The number of aromatic nitrogens is 3. The van der Waals surface area contributed by atoms with Gasteiger partial charge in [0.15, 0.2) is 5.82 Å². The summed E-state index contributed by atoms with van der Waals surface area (Å²) in [5.74, 6) is 1.84. The van der Waals surface area contributed by atoms with Crippen molar-refractivity contribution in [3.05, 3.63) is 35.3 Å². The van der Waals surface area contributed by atoms with Gasteiger partial charge in [-0.05, 0) is 51.2 Å². The summed E-state index contributed by atoms with van der Waals surface area (Å²) in [6.07, 6.45) is 8.29. The van der Waals surface area contributed by atoms with Gasteiger partial charge in [-0.2, -0.15) is 0 Å². The lowest BCUT2D eigenvalue weighted by Crippen LogP contribution is -2.13. The second kappa shape index (κ2) is 5.57. The van der Waals surface area contributed by atoms with E-state index in [0.29, 0.717) is 0 Å². The molecular weight excluding hydrogens is 248 g/mol. The molecule has 1 N–H and O–H groups in total. The van der Waals surface area contributed by atoms with Gasteiger partial charge >= 0.3 is 0 Å². The van der Waals surface area contributed by atoms with Crippen LogP contribution >= 0.6 is 0 Å².